The summed E-state index contributed by atoms with van der Waals surface area (Å²) in [6.07, 6.45) is 1.93. The van der Waals surface area contributed by atoms with Crippen LogP contribution in [0.3, 0.4) is 0 Å². The lowest BCUT2D eigenvalue weighted by atomic mass is 9.80. The van der Waals surface area contributed by atoms with Crippen molar-refractivity contribution in [2.24, 2.45) is 0 Å². The highest BCUT2D eigenvalue weighted by atomic mass is 16.7. The van der Waals surface area contributed by atoms with Crippen molar-refractivity contribution >= 4 is 19.2 Å². The Kier molecular flexibility index (Phi) is 10.3. The number of nitrogens with zero attached hydrogens (tertiary/aromatic N) is 1. The number of hydrogen-bond donors (Lipinski definition) is 0. The number of benzene rings is 2. The zero-order chi connectivity index (χ0) is 31.3. The van der Waals surface area contributed by atoms with E-state index in [1.165, 1.54) is 0 Å². The largest absolute Gasteiger partial charge is 0.459 e. The molecule has 0 aliphatic carbocycles. The van der Waals surface area contributed by atoms with Crippen LogP contribution in [0.1, 0.15) is 85.3 Å². The van der Waals surface area contributed by atoms with Gasteiger partial charge in [0.1, 0.15) is 17.7 Å². The van der Waals surface area contributed by atoms with Gasteiger partial charge < -0.3 is 23.5 Å². The van der Waals surface area contributed by atoms with E-state index in [0.717, 1.165) is 17.5 Å². The number of ether oxygens (including phenoxy) is 3. The maximum absolute atomic E-state index is 14.1. The normalized spacial score (nSPS) is 22.9. The molecule has 4 rings (SSSR count). The van der Waals surface area contributed by atoms with Crippen LogP contribution in [0.15, 0.2) is 60.7 Å². The Morgan fingerprint density at radius 3 is 2.00 bits per heavy atom. The number of carbonyl (C=O) groups excluding carboxylic acids is 2. The van der Waals surface area contributed by atoms with Crippen molar-refractivity contribution in [3.05, 3.63) is 71.8 Å². The van der Waals surface area contributed by atoms with Gasteiger partial charge in [0.2, 0.25) is 0 Å². The van der Waals surface area contributed by atoms with E-state index in [9.17, 15) is 9.59 Å². The van der Waals surface area contributed by atoms with Gasteiger partial charge in [-0.3, -0.25) is 4.90 Å². The molecule has 43 heavy (non-hydrogen) atoms. The second-order valence-corrected chi connectivity index (χ2v) is 13.7. The molecule has 2 atom stereocenters. The van der Waals surface area contributed by atoms with Crippen LogP contribution < -0.4 is 0 Å². The van der Waals surface area contributed by atoms with E-state index in [4.69, 9.17) is 23.5 Å². The van der Waals surface area contributed by atoms with Gasteiger partial charge in [-0.15, -0.1) is 0 Å². The lowest BCUT2D eigenvalue weighted by molar-refractivity contribution is -0.158. The molecule has 9 heteroatoms. The summed E-state index contributed by atoms with van der Waals surface area (Å²) in [5, 5.41) is 0. The average molecular weight is 594 g/mol. The van der Waals surface area contributed by atoms with Gasteiger partial charge in [0.15, 0.2) is 0 Å². The van der Waals surface area contributed by atoms with Gasteiger partial charge in [-0.25, -0.2) is 9.59 Å². The van der Waals surface area contributed by atoms with Gasteiger partial charge >= 0.3 is 19.2 Å². The number of amides is 1. The van der Waals surface area contributed by atoms with Crippen molar-refractivity contribution in [1.29, 1.82) is 0 Å². The summed E-state index contributed by atoms with van der Waals surface area (Å²) in [5.74, 6) is -0.441. The summed E-state index contributed by atoms with van der Waals surface area (Å²) in [7, 11) is -0.321. The SMILES string of the molecule is CC(C)(C)OC(=O)N1C[C@H](OCc2ccccc2)C[C@]1(CCCCB1OC(C)(C)C(C)(C)O1)C(=O)OCc1ccccc1. The third-order valence-corrected chi connectivity index (χ3v) is 8.59. The van der Waals surface area contributed by atoms with Crippen molar-refractivity contribution < 1.29 is 33.1 Å². The second kappa shape index (κ2) is 13.4. The maximum atomic E-state index is 14.1. The number of hydrogen-bond acceptors (Lipinski definition) is 7. The highest BCUT2D eigenvalue weighted by Gasteiger charge is 2.56. The molecular formula is C34H48BNO7. The predicted molar refractivity (Wildman–Crippen MR) is 166 cm³/mol. The van der Waals surface area contributed by atoms with Crippen LogP contribution >= 0.6 is 0 Å². The molecule has 2 saturated heterocycles. The molecule has 8 nitrogen and oxygen atoms in total. The maximum Gasteiger partial charge on any atom is 0.457 e. The van der Waals surface area contributed by atoms with Gasteiger partial charge in [-0.05, 0) is 72.3 Å². The molecule has 2 aromatic rings. The van der Waals surface area contributed by atoms with Gasteiger partial charge in [-0.2, -0.15) is 0 Å². The fraction of sp³-hybridized carbons (Fsp3) is 0.588. The lowest BCUT2D eigenvalue weighted by Gasteiger charge is -2.37. The number of likely N-dealkylation sites (tertiary alicyclic amines) is 1. The summed E-state index contributed by atoms with van der Waals surface area (Å²) in [5.41, 5.74) is -0.848. The molecule has 234 valence electrons. The Labute approximate surface area is 257 Å². The molecule has 0 N–H and O–H groups in total. The lowest BCUT2D eigenvalue weighted by Crippen LogP contribution is -2.55. The number of carbonyl (C=O) groups is 2. The molecule has 0 saturated carbocycles. The molecule has 0 spiro atoms. The summed E-state index contributed by atoms with van der Waals surface area (Å²) < 4.78 is 30.4. The topological polar surface area (TPSA) is 83.5 Å². The number of rotatable bonds is 11. The first-order chi connectivity index (χ1) is 20.2. The molecule has 0 aromatic heterocycles. The molecule has 2 fully saturated rings. The van der Waals surface area contributed by atoms with Crippen molar-refractivity contribution in [2.75, 3.05) is 6.54 Å². The van der Waals surface area contributed by atoms with E-state index in [1.54, 1.807) is 4.90 Å². The molecule has 0 bridgehead atoms. The third kappa shape index (κ3) is 8.40. The van der Waals surface area contributed by atoms with E-state index in [2.05, 4.69) is 0 Å². The summed E-state index contributed by atoms with van der Waals surface area (Å²) in [4.78, 5) is 29.3. The molecule has 0 radical (unpaired) electrons. The van der Waals surface area contributed by atoms with E-state index in [-0.39, 0.29) is 26.4 Å². The van der Waals surface area contributed by atoms with Crippen LogP contribution in [-0.4, -0.2) is 59.1 Å². The Morgan fingerprint density at radius 2 is 1.44 bits per heavy atom. The predicted octanol–water partition coefficient (Wildman–Crippen LogP) is 6.96. The van der Waals surface area contributed by atoms with Crippen LogP contribution in [0.4, 0.5) is 4.79 Å². The molecule has 2 aliphatic heterocycles. The van der Waals surface area contributed by atoms with E-state index >= 15 is 0 Å². The third-order valence-electron chi connectivity index (χ3n) is 8.59. The fourth-order valence-electron chi connectivity index (χ4n) is 5.60. The minimum atomic E-state index is -1.23. The summed E-state index contributed by atoms with van der Waals surface area (Å²) >= 11 is 0. The Bertz CT molecular complexity index is 1200. The second-order valence-electron chi connectivity index (χ2n) is 13.7. The standard InChI is InChI=1S/C34H48BNO7/c1-31(2,3)41-30(38)36-23-28(39-24-26-16-10-8-11-17-26)22-34(36,29(37)40-25-27-18-12-9-13-19-27)20-14-15-21-35-42-32(4,5)33(6,7)43-35/h8-13,16-19,28H,14-15,20-25H2,1-7H3/t28-,34-/m1/s1. The zero-order valence-electron chi connectivity index (χ0n) is 26.9. The molecule has 0 unspecified atom stereocenters. The van der Waals surface area contributed by atoms with Crippen LogP contribution in [-0.2, 0) is 41.5 Å². The molecule has 2 aliphatic rings. The first-order valence-electron chi connectivity index (χ1n) is 15.4. The Morgan fingerprint density at radius 1 is 0.884 bits per heavy atom. The average Bonchev–Trinajstić information content (AvgIpc) is 3.42. The fourth-order valence-corrected chi connectivity index (χ4v) is 5.60. The van der Waals surface area contributed by atoms with Crippen LogP contribution in [0, 0.1) is 0 Å². The summed E-state index contributed by atoms with van der Waals surface area (Å²) in [6.45, 7) is 14.4. The van der Waals surface area contributed by atoms with Gasteiger partial charge in [0, 0.05) is 6.42 Å². The highest BCUT2D eigenvalue weighted by molar-refractivity contribution is 6.45. The van der Waals surface area contributed by atoms with Crippen LogP contribution in [0.5, 0.6) is 0 Å². The van der Waals surface area contributed by atoms with Crippen molar-refractivity contribution in [2.45, 2.75) is 122 Å². The zero-order valence-corrected chi connectivity index (χ0v) is 26.9. The van der Waals surface area contributed by atoms with Crippen molar-refractivity contribution in [3.8, 4) is 0 Å². The van der Waals surface area contributed by atoms with E-state index < -0.39 is 34.4 Å². The molecular weight excluding hydrogens is 545 g/mol. The monoisotopic (exact) mass is 593 g/mol. The van der Waals surface area contributed by atoms with E-state index in [0.29, 0.717) is 32.2 Å². The minimum Gasteiger partial charge on any atom is -0.459 e. The Balaban J connectivity index is 1.53. The number of unbranched alkanes of at least 4 members (excludes halogenated alkanes) is 1. The highest BCUT2D eigenvalue weighted by Crippen LogP contribution is 2.41. The van der Waals surface area contributed by atoms with Gasteiger partial charge in [-0.1, -0.05) is 73.5 Å². The van der Waals surface area contributed by atoms with Crippen molar-refractivity contribution in [1.82, 2.24) is 4.90 Å². The molecule has 2 heterocycles. The van der Waals surface area contributed by atoms with Gasteiger partial charge in [0.05, 0.1) is 30.5 Å². The molecule has 2 aromatic carbocycles. The van der Waals surface area contributed by atoms with Gasteiger partial charge in [0.25, 0.3) is 0 Å². The van der Waals surface area contributed by atoms with Crippen molar-refractivity contribution in [3.63, 3.8) is 0 Å². The minimum absolute atomic E-state index is 0.118. The Hall–Kier alpha value is -2.88. The first kappa shape index (κ1) is 33.0. The first-order valence-corrected chi connectivity index (χ1v) is 15.4. The number of esters is 1. The summed E-state index contributed by atoms with van der Waals surface area (Å²) in [6, 6.07) is 19.4. The van der Waals surface area contributed by atoms with Crippen LogP contribution in [0.2, 0.25) is 6.32 Å². The van der Waals surface area contributed by atoms with E-state index in [1.807, 2.05) is 109 Å². The quantitative estimate of drug-likeness (QED) is 0.158. The van der Waals surface area contributed by atoms with Crippen LogP contribution in [0.25, 0.3) is 0 Å². The smallest absolute Gasteiger partial charge is 0.457 e. The molecule has 1 amide bonds.